The zero-order valence-corrected chi connectivity index (χ0v) is 11.2. The van der Waals surface area contributed by atoms with Gasteiger partial charge < -0.3 is 20.5 Å². The standard InChI is InChI=1S/C12H17FN2O2S/c1-16-7-9(17-2)6-15-11-4-3-8(12(14)18)5-10(11)13/h3-5,9,15H,6-7H2,1-2H3,(H2,14,18). The summed E-state index contributed by atoms with van der Waals surface area (Å²) in [5.74, 6) is -0.396. The summed E-state index contributed by atoms with van der Waals surface area (Å²) in [6.07, 6.45) is -0.135. The van der Waals surface area contributed by atoms with Gasteiger partial charge in [-0.25, -0.2) is 4.39 Å². The van der Waals surface area contributed by atoms with Crippen molar-refractivity contribution in [3.63, 3.8) is 0 Å². The van der Waals surface area contributed by atoms with E-state index in [0.717, 1.165) is 0 Å². The minimum Gasteiger partial charge on any atom is -0.389 e. The number of hydrogen-bond acceptors (Lipinski definition) is 4. The highest BCUT2D eigenvalue weighted by atomic mass is 32.1. The quantitative estimate of drug-likeness (QED) is 0.737. The number of ether oxygens (including phenoxy) is 2. The van der Waals surface area contributed by atoms with Crippen molar-refractivity contribution < 1.29 is 13.9 Å². The number of nitrogens with one attached hydrogen (secondary N) is 1. The Balaban J connectivity index is 2.65. The molecule has 0 aliphatic carbocycles. The summed E-state index contributed by atoms with van der Waals surface area (Å²) in [4.78, 5) is 0.176. The van der Waals surface area contributed by atoms with E-state index in [2.05, 4.69) is 5.32 Å². The molecule has 0 aliphatic rings. The smallest absolute Gasteiger partial charge is 0.146 e. The number of nitrogens with two attached hydrogens (primary N) is 1. The lowest BCUT2D eigenvalue weighted by atomic mass is 10.2. The molecule has 100 valence electrons. The van der Waals surface area contributed by atoms with Crippen LogP contribution >= 0.6 is 12.2 Å². The predicted molar refractivity (Wildman–Crippen MR) is 73.5 cm³/mol. The van der Waals surface area contributed by atoms with Gasteiger partial charge in [0, 0.05) is 26.3 Å². The monoisotopic (exact) mass is 272 g/mol. The van der Waals surface area contributed by atoms with Crippen LogP contribution in [0, 0.1) is 5.82 Å². The maximum Gasteiger partial charge on any atom is 0.146 e. The molecule has 0 saturated carbocycles. The third kappa shape index (κ3) is 4.21. The van der Waals surface area contributed by atoms with Crippen LogP contribution in [0.3, 0.4) is 0 Å². The summed E-state index contributed by atoms with van der Waals surface area (Å²) in [6.45, 7) is 0.893. The maximum atomic E-state index is 13.7. The Morgan fingerprint density at radius 1 is 1.50 bits per heavy atom. The largest absolute Gasteiger partial charge is 0.389 e. The van der Waals surface area contributed by atoms with Gasteiger partial charge >= 0.3 is 0 Å². The second-order valence-electron chi connectivity index (χ2n) is 3.75. The molecular formula is C12H17FN2O2S. The summed E-state index contributed by atoms with van der Waals surface area (Å²) in [5.41, 5.74) is 6.31. The minimum atomic E-state index is -0.396. The first-order chi connectivity index (χ1) is 8.58. The van der Waals surface area contributed by atoms with Gasteiger partial charge in [0.2, 0.25) is 0 Å². The van der Waals surface area contributed by atoms with Crippen molar-refractivity contribution >= 4 is 22.9 Å². The Hall–Kier alpha value is -1.24. The highest BCUT2D eigenvalue weighted by Gasteiger charge is 2.09. The molecule has 0 aliphatic heterocycles. The summed E-state index contributed by atoms with van der Waals surface area (Å²) >= 11 is 4.78. The molecule has 0 bridgehead atoms. The van der Waals surface area contributed by atoms with Crippen LogP contribution in [0.4, 0.5) is 10.1 Å². The van der Waals surface area contributed by atoms with Gasteiger partial charge in [0.25, 0.3) is 0 Å². The van der Waals surface area contributed by atoms with Crippen LogP contribution in [0.15, 0.2) is 18.2 Å². The zero-order valence-electron chi connectivity index (χ0n) is 10.4. The van der Waals surface area contributed by atoms with Gasteiger partial charge in [0.15, 0.2) is 0 Å². The molecule has 0 aromatic heterocycles. The average Bonchev–Trinajstić information content (AvgIpc) is 2.35. The fraction of sp³-hybridized carbons (Fsp3) is 0.417. The van der Waals surface area contributed by atoms with Gasteiger partial charge in [-0.15, -0.1) is 0 Å². The van der Waals surface area contributed by atoms with Crippen LogP contribution in [0.1, 0.15) is 5.56 Å². The van der Waals surface area contributed by atoms with Gasteiger partial charge in [-0.05, 0) is 18.2 Å². The number of anilines is 1. The Kier molecular flexibility index (Phi) is 5.97. The average molecular weight is 272 g/mol. The van der Waals surface area contributed by atoms with E-state index in [9.17, 15) is 4.39 Å². The molecule has 1 aromatic rings. The molecule has 4 nitrogen and oxygen atoms in total. The van der Waals surface area contributed by atoms with E-state index < -0.39 is 5.82 Å². The molecule has 0 radical (unpaired) electrons. The van der Waals surface area contributed by atoms with E-state index >= 15 is 0 Å². The second kappa shape index (κ2) is 7.25. The van der Waals surface area contributed by atoms with Crippen molar-refractivity contribution in [3.8, 4) is 0 Å². The molecule has 0 heterocycles. The summed E-state index contributed by atoms with van der Waals surface area (Å²) in [7, 11) is 3.17. The summed E-state index contributed by atoms with van der Waals surface area (Å²) in [5, 5.41) is 2.95. The Labute approximate surface area is 111 Å². The molecule has 6 heteroatoms. The van der Waals surface area contributed by atoms with E-state index in [1.54, 1.807) is 26.4 Å². The number of rotatable bonds is 7. The highest BCUT2D eigenvalue weighted by Crippen LogP contribution is 2.16. The van der Waals surface area contributed by atoms with E-state index in [0.29, 0.717) is 24.4 Å². The van der Waals surface area contributed by atoms with Crippen LogP contribution in [0.2, 0.25) is 0 Å². The number of benzene rings is 1. The fourth-order valence-corrected chi connectivity index (χ4v) is 1.56. The topological polar surface area (TPSA) is 56.5 Å². The van der Waals surface area contributed by atoms with Gasteiger partial charge in [0.05, 0.1) is 18.4 Å². The van der Waals surface area contributed by atoms with Crippen LogP contribution < -0.4 is 11.1 Å². The van der Waals surface area contributed by atoms with Crippen LogP contribution in [0.25, 0.3) is 0 Å². The molecule has 1 aromatic carbocycles. The normalized spacial score (nSPS) is 12.2. The first-order valence-corrected chi connectivity index (χ1v) is 5.84. The first-order valence-electron chi connectivity index (χ1n) is 5.43. The van der Waals surface area contributed by atoms with Crippen molar-refractivity contribution in [1.82, 2.24) is 0 Å². The molecule has 1 atom stereocenters. The van der Waals surface area contributed by atoms with Crippen molar-refractivity contribution in [2.24, 2.45) is 5.73 Å². The third-order valence-electron chi connectivity index (χ3n) is 2.46. The number of thiocarbonyl (C=S) groups is 1. The van der Waals surface area contributed by atoms with Gasteiger partial charge in [-0.3, -0.25) is 0 Å². The van der Waals surface area contributed by atoms with Gasteiger partial charge in [-0.2, -0.15) is 0 Å². The SMILES string of the molecule is COCC(CNc1ccc(C(N)=S)cc1F)OC. The summed E-state index contributed by atoms with van der Waals surface area (Å²) < 4.78 is 23.8. The van der Waals surface area contributed by atoms with E-state index in [1.165, 1.54) is 6.07 Å². The molecule has 1 unspecified atom stereocenters. The molecule has 0 spiro atoms. The van der Waals surface area contributed by atoms with E-state index in [1.807, 2.05) is 0 Å². The van der Waals surface area contributed by atoms with Crippen LogP contribution in [-0.2, 0) is 9.47 Å². The van der Waals surface area contributed by atoms with Crippen molar-refractivity contribution in [2.75, 3.05) is 32.7 Å². The molecule has 0 fully saturated rings. The Bertz CT molecular complexity index is 415. The fourth-order valence-electron chi connectivity index (χ4n) is 1.43. The third-order valence-corrected chi connectivity index (χ3v) is 2.70. The molecule has 1 rings (SSSR count). The number of hydrogen-bond donors (Lipinski definition) is 2. The van der Waals surface area contributed by atoms with Crippen LogP contribution in [-0.4, -0.2) is 38.5 Å². The predicted octanol–water partition coefficient (Wildman–Crippen LogP) is 1.53. The highest BCUT2D eigenvalue weighted by molar-refractivity contribution is 7.80. The molecule has 3 N–H and O–H groups in total. The lowest BCUT2D eigenvalue weighted by Gasteiger charge is -2.16. The lowest BCUT2D eigenvalue weighted by Crippen LogP contribution is -2.26. The Morgan fingerprint density at radius 3 is 2.72 bits per heavy atom. The van der Waals surface area contributed by atoms with E-state index in [-0.39, 0.29) is 11.1 Å². The van der Waals surface area contributed by atoms with Crippen molar-refractivity contribution in [2.45, 2.75) is 6.10 Å². The minimum absolute atomic E-state index is 0.135. The van der Waals surface area contributed by atoms with Crippen molar-refractivity contribution in [1.29, 1.82) is 0 Å². The molecule has 0 amide bonds. The van der Waals surface area contributed by atoms with E-state index in [4.69, 9.17) is 27.4 Å². The summed E-state index contributed by atoms with van der Waals surface area (Å²) in [6, 6.07) is 4.58. The van der Waals surface area contributed by atoms with Crippen molar-refractivity contribution in [3.05, 3.63) is 29.6 Å². The Morgan fingerprint density at radius 2 is 2.22 bits per heavy atom. The number of halogens is 1. The molecular weight excluding hydrogens is 255 g/mol. The lowest BCUT2D eigenvalue weighted by molar-refractivity contribution is 0.0365. The van der Waals surface area contributed by atoms with Gasteiger partial charge in [-0.1, -0.05) is 12.2 Å². The second-order valence-corrected chi connectivity index (χ2v) is 4.19. The zero-order chi connectivity index (χ0) is 13.5. The molecule has 0 saturated heterocycles. The first kappa shape index (κ1) is 14.8. The number of methoxy groups -OCH3 is 2. The maximum absolute atomic E-state index is 13.7. The molecule has 18 heavy (non-hydrogen) atoms. The van der Waals surface area contributed by atoms with Crippen LogP contribution in [0.5, 0.6) is 0 Å². The van der Waals surface area contributed by atoms with Gasteiger partial charge in [0.1, 0.15) is 10.8 Å².